The average molecular weight is 221 g/mol. The molecule has 16 heavy (non-hydrogen) atoms. The van der Waals surface area contributed by atoms with E-state index in [4.69, 9.17) is 5.73 Å². The number of carbonyl (C=O) groups excluding carboxylic acids is 1. The van der Waals surface area contributed by atoms with Gasteiger partial charge >= 0.3 is 0 Å². The van der Waals surface area contributed by atoms with Crippen LogP contribution in [0.2, 0.25) is 0 Å². The number of amides is 1. The van der Waals surface area contributed by atoms with E-state index >= 15 is 0 Å². The molecule has 0 aromatic rings. The second-order valence-corrected chi connectivity index (χ2v) is 7.77. The highest BCUT2D eigenvalue weighted by molar-refractivity contribution is 5.74. The van der Waals surface area contributed by atoms with E-state index in [0.29, 0.717) is 17.3 Å². The summed E-state index contributed by atoms with van der Waals surface area (Å²) in [5.74, 6) is 0.778. The minimum atomic E-state index is -0.0887. The molecule has 4 aliphatic carbocycles. The van der Waals surface area contributed by atoms with Crippen molar-refractivity contribution < 1.29 is 4.79 Å². The van der Waals surface area contributed by atoms with Gasteiger partial charge in [-0.25, -0.2) is 0 Å². The number of rotatable bonds is 2. The molecular weight excluding hydrogens is 198 g/mol. The normalized spacial score (nSPS) is 54.2. The molecule has 4 saturated carbocycles. The van der Waals surface area contributed by atoms with Gasteiger partial charge in [-0.05, 0) is 60.7 Å². The lowest BCUT2D eigenvalue weighted by atomic mass is 9.40. The van der Waals surface area contributed by atoms with Crippen molar-refractivity contribution in [3.05, 3.63) is 0 Å². The Labute approximate surface area is 98.0 Å². The minimum absolute atomic E-state index is 0.0887. The summed E-state index contributed by atoms with van der Waals surface area (Å²) in [6.45, 7) is 4.87. The summed E-state index contributed by atoms with van der Waals surface area (Å²) in [6, 6.07) is 0. The summed E-state index contributed by atoms with van der Waals surface area (Å²) in [5.41, 5.74) is 6.74. The van der Waals surface area contributed by atoms with Gasteiger partial charge in [0.25, 0.3) is 0 Å². The minimum Gasteiger partial charge on any atom is -0.370 e. The lowest BCUT2D eigenvalue weighted by Gasteiger charge is -2.65. The molecule has 0 aromatic heterocycles. The van der Waals surface area contributed by atoms with Crippen LogP contribution in [0.4, 0.5) is 0 Å². The Bertz CT molecular complexity index is 331. The van der Waals surface area contributed by atoms with Gasteiger partial charge in [-0.3, -0.25) is 4.79 Å². The van der Waals surface area contributed by atoms with E-state index in [1.807, 2.05) is 0 Å². The van der Waals surface area contributed by atoms with E-state index in [9.17, 15) is 4.79 Å². The van der Waals surface area contributed by atoms with E-state index < -0.39 is 0 Å². The number of hydrogen-bond acceptors (Lipinski definition) is 1. The fourth-order valence-electron chi connectivity index (χ4n) is 6.25. The van der Waals surface area contributed by atoms with Crippen LogP contribution in [0.25, 0.3) is 0 Å². The van der Waals surface area contributed by atoms with E-state index in [1.165, 1.54) is 38.5 Å². The van der Waals surface area contributed by atoms with Crippen LogP contribution in [-0.2, 0) is 4.79 Å². The first-order valence-corrected chi connectivity index (χ1v) is 6.61. The van der Waals surface area contributed by atoms with Crippen molar-refractivity contribution in [2.75, 3.05) is 0 Å². The van der Waals surface area contributed by atoms with Gasteiger partial charge in [0.15, 0.2) is 0 Å². The largest absolute Gasteiger partial charge is 0.370 e. The van der Waals surface area contributed by atoms with Crippen molar-refractivity contribution in [2.24, 2.45) is 27.9 Å². The van der Waals surface area contributed by atoms with Crippen molar-refractivity contribution >= 4 is 5.91 Å². The number of carbonyl (C=O) groups is 1. The second kappa shape index (κ2) is 2.83. The molecule has 4 rings (SSSR count). The maximum atomic E-state index is 11.3. The van der Waals surface area contributed by atoms with Crippen LogP contribution in [0.15, 0.2) is 0 Å². The molecule has 1 amide bonds. The highest BCUT2D eigenvalue weighted by Crippen LogP contribution is 2.70. The monoisotopic (exact) mass is 221 g/mol. The van der Waals surface area contributed by atoms with Gasteiger partial charge in [0.05, 0.1) is 0 Å². The molecule has 0 radical (unpaired) electrons. The third-order valence-corrected chi connectivity index (χ3v) is 5.29. The molecule has 2 N–H and O–H groups in total. The Morgan fingerprint density at radius 1 is 1.12 bits per heavy atom. The Balaban J connectivity index is 1.95. The third kappa shape index (κ3) is 1.49. The maximum Gasteiger partial charge on any atom is 0.217 e. The van der Waals surface area contributed by atoms with Gasteiger partial charge in [-0.2, -0.15) is 0 Å². The molecular formula is C14H23NO. The van der Waals surface area contributed by atoms with Gasteiger partial charge in [0, 0.05) is 6.42 Å². The van der Waals surface area contributed by atoms with Crippen molar-refractivity contribution in [3.8, 4) is 0 Å². The van der Waals surface area contributed by atoms with Gasteiger partial charge in [0.1, 0.15) is 0 Å². The number of hydrogen-bond donors (Lipinski definition) is 1. The maximum absolute atomic E-state index is 11.3. The summed E-state index contributed by atoms with van der Waals surface area (Å²) in [7, 11) is 0. The Kier molecular flexibility index (Phi) is 1.88. The molecule has 90 valence electrons. The smallest absolute Gasteiger partial charge is 0.217 e. The fourth-order valence-corrected chi connectivity index (χ4v) is 6.25. The summed E-state index contributed by atoms with van der Waals surface area (Å²) in [4.78, 5) is 11.3. The van der Waals surface area contributed by atoms with Crippen LogP contribution < -0.4 is 5.73 Å². The number of nitrogens with two attached hydrogens (primary N) is 1. The standard InChI is InChI=1S/C14H23NO/c1-12-3-10-4-13(2,7-12)9-14(5-10,8-12)6-11(15)16/h10H,3-9H2,1-2H3,(H2,15,16). The molecule has 4 aliphatic rings. The van der Waals surface area contributed by atoms with E-state index in [2.05, 4.69) is 13.8 Å². The van der Waals surface area contributed by atoms with Crippen molar-refractivity contribution in [1.82, 2.24) is 0 Å². The molecule has 4 fully saturated rings. The van der Waals surface area contributed by atoms with Crippen LogP contribution in [0.1, 0.15) is 58.8 Å². The van der Waals surface area contributed by atoms with Crippen LogP contribution >= 0.6 is 0 Å². The van der Waals surface area contributed by atoms with E-state index in [1.54, 1.807) is 0 Å². The van der Waals surface area contributed by atoms with Crippen molar-refractivity contribution in [1.29, 1.82) is 0 Å². The highest BCUT2D eigenvalue weighted by Gasteiger charge is 2.60. The summed E-state index contributed by atoms with van der Waals surface area (Å²) < 4.78 is 0. The highest BCUT2D eigenvalue weighted by atomic mass is 16.1. The number of primary amides is 1. The first kappa shape index (κ1) is 10.6. The molecule has 2 atom stereocenters. The molecule has 0 saturated heterocycles. The molecule has 2 heteroatoms. The Morgan fingerprint density at radius 2 is 1.69 bits per heavy atom. The van der Waals surface area contributed by atoms with Crippen molar-refractivity contribution in [3.63, 3.8) is 0 Å². The molecule has 2 nitrogen and oxygen atoms in total. The van der Waals surface area contributed by atoms with E-state index in [-0.39, 0.29) is 11.3 Å². The summed E-state index contributed by atoms with van der Waals surface area (Å²) in [6.07, 6.45) is 8.54. The molecule has 2 unspecified atom stereocenters. The average Bonchev–Trinajstić information content (AvgIpc) is 1.91. The molecule has 0 heterocycles. The zero-order valence-corrected chi connectivity index (χ0v) is 10.5. The van der Waals surface area contributed by atoms with Gasteiger partial charge in [0.2, 0.25) is 5.91 Å². The Morgan fingerprint density at radius 3 is 2.12 bits per heavy atom. The fraction of sp³-hybridized carbons (Fsp3) is 0.929. The van der Waals surface area contributed by atoms with E-state index in [0.717, 1.165) is 5.92 Å². The van der Waals surface area contributed by atoms with Crippen LogP contribution in [-0.4, -0.2) is 5.91 Å². The predicted molar refractivity (Wildman–Crippen MR) is 63.7 cm³/mol. The van der Waals surface area contributed by atoms with Crippen LogP contribution in [0, 0.1) is 22.2 Å². The predicted octanol–water partition coefficient (Wildman–Crippen LogP) is 2.86. The lowest BCUT2D eigenvalue weighted by Crippen LogP contribution is -2.55. The van der Waals surface area contributed by atoms with Crippen molar-refractivity contribution in [2.45, 2.75) is 58.8 Å². The van der Waals surface area contributed by atoms with Gasteiger partial charge in [-0.1, -0.05) is 13.8 Å². The molecule has 4 bridgehead atoms. The molecule has 0 aliphatic heterocycles. The first-order chi connectivity index (χ1) is 7.32. The summed E-state index contributed by atoms with van der Waals surface area (Å²) in [5, 5.41) is 0. The quantitative estimate of drug-likeness (QED) is 0.765. The lowest BCUT2D eigenvalue weighted by molar-refractivity contribution is -0.154. The van der Waals surface area contributed by atoms with Crippen LogP contribution in [0.3, 0.4) is 0 Å². The zero-order chi connectivity index (χ0) is 11.6. The second-order valence-electron chi connectivity index (χ2n) is 7.77. The third-order valence-electron chi connectivity index (χ3n) is 5.29. The SMILES string of the molecule is CC12CC3CC(C)(C1)CC(CC(N)=O)(C3)C2. The first-order valence-electron chi connectivity index (χ1n) is 6.61. The zero-order valence-electron chi connectivity index (χ0n) is 10.5. The van der Waals surface area contributed by atoms with Crippen LogP contribution in [0.5, 0.6) is 0 Å². The Hall–Kier alpha value is -0.530. The molecule has 0 spiro atoms. The van der Waals surface area contributed by atoms with Gasteiger partial charge in [-0.15, -0.1) is 0 Å². The summed E-state index contributed by atoms with van der Waals surface area (Å²) >= 11 is 0. The topological polar surface area (TPSA) is 43.1 Å². The molecule has 0 aromatic carbocycles. The van der Waals surface area contributed by atoms with Gasteiger partial charge < -0.3 is 5.73 Å².